The maximum absolute atomic E-state index is 11.5. The second-order valence-electron chi connectivity index (χ2n) is 4.73. The topological polar surface area (TPSA) is 38.3 Å². The molecule has 0 aromatic heterocycles. The average Bonchev–Trinajstić information content (AvgIpc) is 2.58. The second kappa shape index (κ2) is 8.53. The Bertz CT molecular complexity index is 669. The van der Waals surface area contributed by atoms with Gasteiger partial charge in [-0.1, -0.05) is 67.3 Å². The molecule has 0 spiro atoms. The fourth-order valence-electron chi connectivity index (χ4n) is 1.98. The Hall–Kier alpha value is -2.73. The normalized spacial score (nSPS) is 9.50. The summed E-state index contributed by atoms with van der Waals surface area (Å²) in [6.07, 6.45) is 0.485. The minimum Gasteiger partial charge on any atom is -0.445 e. The summed E-state index contributed by atoms with van der Waals surface area (Å²) < 4.78 is 5.11. The van der Waals surface area contributed by atoms with Crippen LogP contribution in [0.15, 0.2) is 54.6 Å². The van der Waals surface area contributed by atoms with Crippen molar-refractivity contribution in [2.75, 3.05) is 6.54 Å². The molecule has 2 aromatic rings. The largest absolute Gasteiger partial charge is 0.445 e. The minimum atomic E-state index is -0.457. The number of ether oxygens (including phenoxy) is 1. The van der Waals surface area contributed by atoms with Gasteiger partial charge in [0, 0.05) is 5.56 Å². The van der Waals surface area contributed by atoms with Crippen LogP contribution in [0.3, 0.4) is 0 Å². The van der Waals surface area contributed by atoms with Crippen molar-refractivity contribution in [1.29, 1.82) is 0 Å². The predicted octanol–water partition coefficient (Wildman–Crippen LogP) is 3.53. The highest BCUT2D eigenvalue weighted by Crippen LogP contribution is 2.07. The van der Waals surface area contributed by atoms with Crippen LogP contribution in [0.25, 0.3) is 0 Å². The predicted molar refractivity (Wildman–Crippen MR) is 87.3 cm³/mol. The van der Waals surface area contributed by atoms with Gasteiger partial charge >= 0.3 is 6.09 Å². The van der Waals surface area contributed by atoms with Crippen LogP contribution in [0.5, 0.6) is 0 Å². The molecule has 0 aliphatic heterocycles. The Morgan fingerprint density at radius 3 is 2.59 bits per heavy atom. The lowest BCUT2D eigenvalue weighted by atomic mass is 10.1. The Kier molecular flexibility index (Phi) is 6.07. The van der Waals surface area contributed by atoms with Gasteiger partial charge in [-0.05, 0) is 23.6 Å². The number of benzene rings is 2. The Balaban J connectivity index is 1.77. The van der Waals surface area contributed by atoms with E-state index in [0.29, 0.717) is 0 Å². The Morgan fingerprint density at radius 1 is 1.09 bits per heavy atom. The molecule has 1 amide bonds. The SMILES string of the molecule is CCc1ccccc1C#CCNC(=O)OCc1ccccc1. The maximum atomic E-state index is 11.5. The van der Waals surface area contributed by atoms with E-state index in [-0.39, 0.29) is 13.2 Å². The minimum absolute atomic E-state index is 0.263. The Morgan fingerprint density at radius 2 is 1.82 bits per heavy atom. The summed E-state index contributed by atoms with van der Waals surface area (Å²) in [7, 11) is 0. The Labute approximate surface area is 131 Å². The van der Waals surface area contributed by atoms with Crippen LogP contribution in [-0.4, -0.2) is 12.6 Å². The summed E-state index contributed by atoms with van der Waals surface area (Å²) in [6, 6.07) is 17.6. The third-order valence-corrected chi connectivity index (χ3v) is 3.16. The van der Waals surface area contributed by atoms with Gasteiger partial charge in [-0.3, -0.25) is 0 Å². The van der Waals surface area contributed by atoms with E-state index < -0.39 is 6.09 Å². The lowest BCUT2D eigenvalue weighted by Crippen LogP contribution is -2.24. The van der Waals surface area contributed by atoms with Crippen LogP contribution in [0.1, 0.15) is 23.6 Å². The number of rotatable bonds is 4. The third-order valence-electron chi connectivity index (χ3n) is 3.16. The van der Waals surface area contributed by atoms with Crippen LogP contribution >= 0.6 is 0 Å². The van der Waals surface area contributed by atoms with E-state index in [2.05, 4.69) is 30.1 Å². The lowest BCUT2D eigenvalue weighted by Gasteiger charge is -2.04. The van der Waals surface area contributed by atoms with Gasteiger partial charge in [0.2, 0.25) is 0 Å². The van der Waals surface area contributed by atoms with E-state index in [9.17, 15) is 4.79 Å². The third kappa shape index (κ3) is 4.99. The first kappa shape index (κ1) is 15.7. The van der Waals surface area contributed by atoms with E-state index >= 15 is 0 Å². The molecule has 0 bridgehead atoms. The van der Waals surface area contributed by atoms with Gasteiger partial charge in [-0.2, -0.15) is 0 Å². The van der Waals surface area contributed by atoms with Crippen molar-refractivity contribution in [2.45, 2.75) is 20.0 Å². The molecular weight excluding hydrogens is 274 g/mol. The molecule has 0 heterocycles. The standard InChI is InChI=1S/C19H19NO2/c1-2-17-11-6-7-12-18(17)13-8-14-20-19(21)22-15-16-9-4-3-5-10-16/h3-7,9-12H,2,14-15H2,1H3,(H,20,21). The van der Waals surface area contributed by atoms with Crippen molar-refractivity contribution in [3.63, 3.8) is 0 Å². The molecule has 2 aromatic carbocycles. The molecule has 3 heteroatoms. The van der Waals surface area contributed by atoms with Crippen molar-refractivity contribution in [1.82, 2.24) is 5.32 Å². The van der Waals surface area contributed by atoms with E-state index in [1.807, 2.05) is 48.5 Å². The van der Waals surface area contributed by atoms with E-state index in [0.717, 1.165) is 17.5 Å². The maximum Gasteiger partial charge on any atom is 0.408 e. The molecule has 1 N–H and O–H groups in total. The zero-order valence-corrected chi connectivity index (χ0v) is 12.6. The summed E-state index contributed by atoms with van der Waals surface area (Å²) in [4.78, 5) is 11.5. The lowest BCUT2D eigenvalue weighted by molar-refractivity contribution is 0.141. The zero-order chi connectivity index (χ0) is 15.6. The molecule has 0 radical (unpaired) electrons. The molecule has 22 heavy (non-hydrogen) atoms. The van der Waals surface area contributed by atoms with Crippen LogP contribution in [0.2, 0.25) is 0 Å². The van der Waals surface area contributed by atoms with E-state index in [4.69, 9.17) is 4.74 Å². The first-order chi connectivity index (χ1) is 10.8. The van der Waals surface area contributed by atoms with Crippen LogP contribution in [-0.2, 0) is 17.8 Å². The van der Waals surface area contributed by atoms with Gasteiger partial charge < -0.3 is 10.1 Å². The van der Waals surface area contributed by atoms with Gasteiger partial charge in [-0.25, -0.2) is 4.79 Å². The number of hydrogen-bond acceptors (Lipinski definition) is 2. The van der Waals surface area contributed by atoms with Gasteiger partial charge in [-0.15, -0.1) is 0 Å². The molecule has 0 aliphatic rings. The molecule has 3 nitrogen and oxygen atoms in total. The van der Waals surface area contributed by atoms with Gasteiger partial charge in [0.15, 0.2) is 0 Å². The molecule has 2 rings (SSSR count). The van der Waals surface area contributed by atoms with Crippen molar-refractivity contribution < 1.29 is 9.53 Å². The highest BCUT2D eigenvalue weighted by Gasteiger charge is 2.00. The van der Waals surface area contributed by atoms with Gasteiger partial charge in [0.25, 0.3) is 0 Å². The second-order valence-corrected chi connectivity index (χ2v) is 4.73. The summed E-state index contributed by atoms with van der Waals surface area (Å²) >= 11 is 0. The van der Waals surface area contributed by atoms with Crippen molar-refractivity contribution in [2.24, 2.45) is 0 Å². The van der Waals surface area contributed by atoms with Crippen molar-refractivity contribution >= 4 is 6.09 Å². The van der Waals surface area contributed by atoms with Crippen LogP contribution in [0.4, 0.5) is 4.79 Å². The fraction of sp³-hybridized carbons (Fsp3) is 0.211. The molecule has 0 unspecified atom stereocenters. The molecule has 0 saturated carbocycles. The quantitative estimate of drug-likeness (QED) is 0.876. The first-order valence-electron chi connectivity index (χ1n) is 7.31. The summed E-state index contributed by atoms with van der Waals surface area (Å²) in [5.74, 6) is 6.02. The summed E-state index contributed by atoms with van der Waals surface area (Å²) in [5, 5.41) is 2.63. The zero-order valence-electron chi connectivity index (χ0n) is 12.6. The highest BCUT2D eigenvalue weighted by atomic mass is 16.5. The first-order valence-corrected chi connectivity index (χ1v) is 7.31. The van der Waals surface area contributed by atoms with Crippen molar-refractivity contribution in [3.05, 3.63) is 71.3 Å². The molecule has 0 atom stereocenters. The van der Waals surface area contributed by atoms with E-state index in [1.54, 1.807) is 0 Å². The monoisotopic (exact) mass is 293 g/mol. The van der Waals surface area contributed by atoms with Gasteiger partial charge in [0.05, 0.1) is 6.54 Å². The number of carbonyl (C=O) groups is 1. The number of alkyl carbamates (subject to hydrolysis) is 1. The molecule has 112 valence electrons. The number of carbonyl (C=O) groups excluding carboxylic acids is 1. The number of nitrogens with one attached hydrogen (secondary N) is 1. The molecule has 0 fully saturated rings. The van der Waals surface area contributed by atoms with Crippen LogP contribution < -0.4 is 5.32 Å². The summed E-state index contributed by atoms with van der Waals surface area (Å²) in [6.45, 7) is 2.63. The number of hydrogen-bond donors (Lipinski definition) is 1. The number of aryl methyl sites for hydroxylation is 1. The van der Waals surface area contributed by atoms with Crippen molar-refractivity contribution in [3.8, 4) is 11.8 Å². The molecular formula is C19H19NO2. The average molecular weight is 293 g/mol. The highest BCUT2D eigenvalue weighted by molar-refractivity contribution is 5.67. The smallest absolute Gasteiger partial charge is 0.408 e. The molecule has 0 aliphatic carbocycles. The van der Waals surface area contributed by atoms with E-state index in [1.165, 1.54) is 5.56 Å². The van der Waals surface area contributed by atoms with Crippen LogP contribution in [0, 0.1) is 11.8 Å². The fourth-order valence-corrected chi connectivity index (χ4v) is 1.98. The summed E-state index contributed by atoms with van der Waals surface area (Å²) in [5.41, 5.74) is 3.17. The van der Waals surface area contributed by atoms with Gasteiger partial charge in [0.1, 0.15) is 6.61 Å². The molecule has 0 saturated heterocycles. The number of amides is 1.